The Bertz CT molecular complexity index is 1530. The first-order valence-corrected chi connectivity index (χ1v) is 16.9. The molecule has 1 aromatic carbocycles. The van der Waals surface area contributed by atoms with Gasteiger partial charge < -0.3 is 25.0 Å². The van der Waals surface area contributed by atoms with Gasteiger partial charge in [-0.1, -0.05) is 12.1 Å². The van der Waals surface area contributed by atoms with Gasteiger partial charge in [0, 0.05) is 75.5 Å². The van der Waals surface area contributed by atoms with E-state index in [-0.39, 0.29) is 25.5 Å². The minimum absolute atomic E-state index is 0. The van der Waals surface area contributed by atoms with E-state index >= 15 is 0 Å². The molecule has 4 heterocycles. The molecule has 49 heavy (non-hydrogen) atoms. The number of aromatic nitrogens is 3. The van der Waals surface area contributed by atoms with E-state index < -0.39 is 17.3 Å². The Morgan fingerprint density at radius 3 is 2.33 bits per heavy atom. The van der Waals surface area contributed by atoms with Crippen molar-refractivity contribution in [2.45, 2.75) is 78.2 Å². The number of alkyl carbamates (subject to hydrolysis) is 1. The molecule has 2 saturated heterocycles. The molecule has 1 unspecified atom stereocenters. The second-order valence-corrected chi connectivity index (χ2v) is 14.5. The Labute approximate surface area is 297 Å². The van der Waals surface area contributed by atoms with Crippen molar-refractivity contribution in [3.63, 3.8) is 0 Å². The Morgan fingerprint density at radius 1 is 0.898 bits per heavy atom. The number of carbonyl (C=O) groups is 2. The number of esters is 1. The molecule has 0 saturated carbocycles. The first-order valence-electron chi connectivity index (χ1n) is 16.9. The molecular weight excluding hydrogens is 641 g/mol. The largest absolute Gasteiger partial charge is 0.459 e. The molecule has 0 radical (unpaired) electrons. The van der Waals surface area contributed by atoms with Crippen LogP contribution in [-0.4, -0.2) is 99.9 Å². The van der Waals surface area contributed by atoms with Gasteiger partial charge >= 0.3 is 12.1 Å². The highest BCUT2D eigenvalue weighted by atomic mass is 32.1. The molecule has 0 aliphatic carbocycles. The number of nitrogens with zero attached hydrogens (tertiary/aromatic N) is 6. The molecule has 12 nitrogen and oxygen atoms in total. The van der Waals surface area contributed by atoms with Gasteiger partial charge in [-0.25, -0.2) is 19.7 Å². The minimum Gasteiger partial charge on any atom is -0.459 e. The summed E-state index contributed by atoms with van der Waals surface area (Å²) in [5.74, 6) is 1.22. The number of carbonyl (C=O) groups excluding carboxylic acids is 2. The monoisotopic (exact) mass is 692 g/mol. The molecule has 13 heteroatoms. The smallest absolute Gasteiger partial charge is 0.407 e. The predicted octanol–water partition coefficient (Wildman–Crippen LogP) is 5.35. The van der Waals surface area contributed by atoms with Crippen LogP contribution in [0.25, 0.3) is 11.3 Å². The maximum absolute atomic E-state index is 12.2. The lowest BCUT2D eigenvalue weighted by Gasteiger charge is -2.34. The summed E-state index contributed by atoms with van der Waals surface area (Å²) < 4.78 is 10.9. The molecule has 2 aliphatic heterocycles. The van der Waals surface area contributed by atoms with E-state index in [9.17, 15) is 9.59 Å². The Balaban J connectivity index is 0.00000541. The summed E-state index contributed by atoms with van der Waals surface area (Å²) in [6.07, 6.45) is 5.21. The summed E-state index contributed by atoms with van der Waals surface area (Å²) in [6, 6.07) is 14.4. The van der Waals surface area contributed by atoms with Gasteiger partial charge in [-0.15, -0.1) is 0 Å². The van der Waals surface area contributed by atoms with Gasteiger partial charge in [0.05, 0.1) is 12.2 Å². The summed E-state index contributed by atoms with van der Waals surface area (Å²) in [5.41, 5.74) is 2.79. The van der Waals surface area contributed by atoms with Gasteiger partial charge in [-0.05, 0) is 90.3 Å². The van der Waals surface area contributed by atoms with E-state index in [0.29, 0.717) is 19.0 Å². The van der Waals surface area contributed by atoms with Crippen molar-refractivity contribution >= 4 is 43.0 Å². The quantitative estimate of drug-likeness (QED) is 0.267. The molecule has 266 valence electrons. The first-order chi connectivity index (χ1) is 22.8. The molecule has 2 aromatic heterocycles. The zero-order chi connectivity index (χ0) is 34.3. The molecule has 0 bridgehead atoms. The van der Waals surface area contributed by atoms with Gasteiger partial charge in [0.25, 0.3) is 0 Å². The van der Waals surface area contributed by atoms with E-state index in [1.54, 1.807) is 6.20 Å². The lowest BCUT2D eigenvalue weighted by atomic mass is 10.1. The van der Waals surface area contributed by atoms with Crippen LogP contribution >= 0.6 is 13.5 Å². The predicted molar refractivity (Wildman–Crippen MR) is 198 cm³/mol. The zero-order valence-corrected chi connectivity index (χ0v) is 30.7. The summed E-state index contributed by atoms with van der Waals surface area (Å²) >= 11 is 0. The maximum Gasteiger partial charge on any atom is 0.407 e. The number of anilines is 3. The highest BCUT2D eigenvalue weighted by molar-refractivity contribution is 7.59. The summed E-state index contributed by atoms with van der Waals surface area (Å²) in [6.45, 7) is 17.3. The minimum atomic E-state index is -0.527. The Morgan fingerprint density at radius 2 is 1.63 bits per heavy atom. The van der Waals surface area contributed by atoms with Crippen LogP contribution in [0.4, 0.5) is 22.2 Å². The fourth-order valence-electron chi connectivity index (χ4n) is 5.95. The topological polar surface area (TPSA) is 125 Å². The van der Waals surface area contributed by atoms with Crippen LogP contribution in [0.2, 0.25) is 0 Å². The Hall–Kier alpha value is -3.94. The highest BCUT2D eigenvalue weighted by Gasteiger charge is 2.27. The molecule has 2 fully saturated rings. The average Bonchev–Trinajstić information content (AvgIpc) is 3.48. The fraction of sp³-hybridized carbons (Fsp3) is 0.528. The van der Waals surface area contributed by atoms with Gasteiger partial charge in [0.15, 0.2) is 0 Å². The number of nitrogens with one attached hydrogen (secondary N) is 2. The number of ether oxygens (including phenoxy) is 2. The lowest BCUT2D eigenvalue weighted by Crippen LogP contribution is -2.48. The molecule has 5 rings (SSSR count). The van der Waals surface area contributed by atoms with Crippen molar-refractivity contribution in [3.05, 3.63) is 60.4 Å². The molecule has 1 amide bonds. The van der Waals surface area contributed by atoms with E-state index in [1.807, 2.05) is 78.1 Å². The van der Waals surface area contributed by atoms with Crippen molar-refractivity contribution in [2.75, 3.05) is 56.0 Å². The van der Waals surface area contributed by atoms with Crippen LogP contribution in [0.15, 0.2) is 54.9 Å². The third-order valence-electron chi connectivity index (χ3n) is 8.08. The normalized spacial score (nSPS) is 17.3. The van der Waals surface area contributed by atoms with E-state index in [1.165, 1.54) is 5.56 Å². The molecule has 0 spiro atoms. The van der Waals surface area contributed by atoms with Crippen LogP contribution in [-0.2, 0) is 20.8 Å². The van der Waals surface area contributed by atoms with Crippen LogP contribution in [0, 0.1) is 0 Å². The summed E-state index contributed by atoms with van der Waals surface area (Å²) in [7, 11) is 0. The average molecular weight is 693 g/mol. The summed E-state index contributed by atoms with van der Waals surface area (Å²) in [5, 5.41) is 6.27. The molecule has 1 atom stereocenters. The first kappa shape index (κ1) is 37.9. The van der Waals surface area contributed by atoms with Crippen LogP contribution in [0.3, 0.4) is 0 Å². The highest BCUT2D eigenvalue weighted by Crippen LogP contribution is 2.26. The van der Waals surface area contributed by atoms with E-state index in [2.05, 4.69) is 42.5 Å². The van der Waals surface area contributed by atoms with Gasteiger partial charge in [0.1, 0.15) is 17.0 Å². The molecular formula is C36H52N8O4S. The lowest BCUT2D eigenvalue weighted by molar-refractivity contribution is -0.156. The maximum atomic E-state index is 12.2. The molecule has 2 N–H and O–H groups in total. The summed E-state index contributed by atoms with van der Waals surface area (Å²) in [4.78, 5) is 45.2. The zero-order valence-electron chi connectivity index (χ0n) is 29.7. The van der Waals surface area contributed by atoms with E-state index in [0.717, 1.165) is 74.9 Å². The number of amides is 1. The van der Waals surface area contributed by atoms with Crippen molar-refractivity contribution in [2.24, 2.45) is 0 Å². The third kappa shape index (κ3) is 11.9. The number of piperazine rings is 1. The van der Waals surface area contributed by atoms with E-state index in [4.69, 9.17) is 19.4 Å². The fourth-order valence-corrected chi connectivity index (χ4v) is 5.95. The molecule has 2 aliphatic rings. The van der Waals surface area contributed by atoms with Gasteiger partial charge in [0.2, 0.25) is 5.95 Å². The number of benzene rings is 1. The standard InChI is InChI=1S/C36H50N8O4.H2S/c1-35(2,3)47-32(45)25-43-19-17-42(18-20-43)24-26-9-7-10-28(21-26)40-33-37-15-14-30(41-33)27-12-13-31(38-22-27)44-16-8-11-29(44)23-39-34(46)48-36(4,5)6;/h7,9-10,12-15,21-22,29H,8,11,16-20,23-25H2,1-6H3,(H,39,46)(H,37,40,41);1H2. The van der Waals surface area contributed by atoms with Crippen LogP contribution in [0.1, 0.15) is 59.9 Å². The number of pyridine rings is 1. The molecule has 3 aromatic rings. The number of hydrogen-bond acceptors (Lipinski definition) is 11. The number of rotatable bonds is 10. The number of hydrogen-bond donors (Lipinski definition) is 2. The van der Waals surface area contributed by atoms with Crippen molar-refractivity contribution in [3.8, 4) is 11.3 Å². The van der Waals surface area contributed by atoms with Crippen LogP contribution in [0.5, 0.6) is 0 Å². The Kier molecular flexibility index (Phi) is 12.9. The second kappa shape index (κ2) is 16.6. The van der Waals surface area contributed by atoms with Crippen LogP contribution < -0.4 is 15.5 Å². The van der Waals surface area contributed by atoms with Crippen molar-refractivity contribution < 1.29 is 19.1 Å². The third-order valence-corrected chi connectivity index (χ3v) is 8.08. The van der Waals surface area contributed by atoms with Gasteiger partial charge in [-0.3, -0.25) is 14.6 Å². The van der Waals surface area contributed by atoms with Crippen molar-refractivity contribution in [1.82, 2.24) is 30.1 Å². The van der Waals surface area contributed by atoms with Gasteiger partial charge in [-0.2, -0.15) is 13.5 Å². The SMILES string of the molecule is CC(C)(C)OC(=O)CN1CCN(Cc2cccc(Nc3nccc(-c4ccc(N5CCCC5CNC(=O)OC(C)(C)C)nc4)n3)c2)CC1.S. The second-order valence-electron chi connectivity index (χ2n) is 14.5. The van der Waals surface area contributed by atoms with Crippen molar-refractivity contribution in [1.29, 1.82) is 0 Å².